The van der Waals surface area contributed by atoms with Gasteiger partial charge in [-0.05, 0) is 36.8 Å². The first-order chi connectivity index (χ1) is 11.2. The Morgan fingerprint density at radius 1 is 1.09 bits per heavy atom. The average molecular weight is 313 g/mol. The number of hydrogen-bond donors (Lipinski definition) is 2. The van der Waals surface area contributed by atoms with Crippen LogP contribution in [0.5, 0.6) is 0 Å². The molecule has 1 aromatic carbocycles. The predicted molar refractivity (Wildman–Crippen MR) is 87.5 cm³/mol. The molecule has 6 nitrogen and oxygen atoms in total. The van der Waals surface area contributed by atoms with Crippen LogP contribution in [0.4, 0.5) is 5.69 Å². The predicted octanol–water partition coefficient (Wildman–Crippen LogP) is 2.10. The molecule has 120 valence electrons. The van der Waals surface area contributed by atoms with Gasteiger partial charge in [0.2, 0.25) is 0 Å². The van der Waals surface area contributed by atoms with Gasteiger partial charge in [0.1, 0.15) is 0 Å². The van der Waals surface area contributed by atoms with Crippen LogP contribution in [-0.4, -0.2) is 37.1 Å². The first-order valence-corrected chi connectivity index (χ1v) is 7.29. The normalized spacial score (nSPS) is 10.1. The molecule has 0 unspecified atom stereocenters. The van der Waals surface area contributed by atoms with Gasteiger partial charge in [-0.15, -0.1) is 0 Å². The van der Waals surface area contributed by atoms with Crippen molar-refractivity contribution in [2.24, 2.45) is 0 Å². The van der Waals surface area contributed by atoms with Crippen LogP contribution in [0.3, 0.4) is 0 Å². The number of anilines is 1. The van der Waals surface area contributed by atoms with Gasteiger partial charge in [0.05, 0.1) is 0 Å². The number of nitrogens with zero attached hydrogens (tertiary/aromatic N) is 1. The first-order valence-electron chi connectivity index (χ1n) is 7.29. The van der Waals surface area contributed by atoms with Crippen molar-refractivity contribution in [1.82, 2.24) is 10.3 Å². The first kappa shape index (κ1) is 16.6. The SMILES string of the molecule is COCCCNC(=O)c1cccc(NC(=O)c2ccncc2)c1. The van der Waals surface area contributed by atoms with Gasteiger partial charge in [-0.25, -0.2) is 0 Å². The van der Waals surface area contributed by atoms with Crippen LogP contribution in [0.25, 0.3) is 0 Å². The lowest BCUT2D eigenvalue weighted by Crippen LogP contribution is -2.25. The third-order valence-electron chi connectivity index (χ3n) is 3.14. The number of methoxy groups -OCH3 is 1. The third kappa shape index (κ3) is 5.19. The summed E-state index contributed by atoms with van der Waals surface area (Å²) in [6.07, 6.45) is 3.86. The van der Waals surface area contributed by atoms with Crippen molar-refractivity contribution in [3.05, 3.63) is 59.9 Å². The molecule has 0 bridgehead atoms. The number of aromatic nitrogens is 1. The van der Waals surface area contributed by atoms with Crippen LogP contribution < -0.4 is 10.6 Å². The molecule has 0 aliphatic rings. The highest BCUT2D eigenvalue weighted by Gasteiger charge is 2.08. The number of pyridine rings is 1. The van der Waals surface area contributed by atoms with Gasteiger partial charge in [0.25, 0.3) is 11.8 Å². The Morgan fingerprint density at radius 2 is 1.87 bits per heavy atom. The van der Waals surface area contributed by atoms with E-state index in [1.165, 1.54) is 0 Å². The molecule has 0 saturated carbocycles. The number of hydrogen-bond acceptors (Lipinski definition) is 4. The average Bonchev–Trinajstić information content (AvgIpc) is 2.59. The van der Waals surface area contributed by atoms with Crippen LogP contribution in [-0.2, 0) is 4.74 Å². The molecule has 1 heterocycles. The van der Waals surface area contributed by atoms with Crippen molar-refractivity contribution in [2.75, 3.05) is 25.6 Å². The van der Waals surface area contributed by atoms with Crippen LogP contribution in [0.1, 0.15) is 27.1 Å². The van der Waals surface area contributed by atoms with E-state index in [2.05, 4.69) is 15.6 Å². The van der Waals surface area contributed by atoms with E-state index >= 15 is 0 Å². The number of benzene rings is 1. The number of rotatable bonds is 7. The third-order valence-corrected chi connectivity index (χ3v) is 3.14. The molecule has 0 spiro atoms. The molecule has 6 heteroatoms. The van der Waals surface area contributed by atoms with Crippen LogP contribution in [0.2, 0.25) is 0 Å². The fourth-order valence-electron chi connectivity index (χ4n) is 1.97. The molecule has 0 atom stereocenters. The molecular weight excluding hydrogens is 294 g/mol. The van der Waals surface area contributed by atoms with E-state index in [1.54, 1.807) is 55.9 Å². The van der Waals surface area contributed by atoms with E-state index in [0.29, 0.717) is 30.0 Å². The number of nitrogens with one attached hydrogen (secondary N) is 2. The van der Waals surface area contributed by atoms with E-state index in [9.17, 15) is 9.59 Å². The highest BCUT2D eigenvalue weighted by atomic mass is 16.5. The largest absolute Gasteiger partial charge is 0.385 e. The summed E-state index contributed by atoms with van der Waals surface area (Å²) in [5.41, 5.74) is 1.57. The van der Waals surface area contributed by atoms with E-state index < -0.39 is 0 Å². The summed E-state index contributed by atoms with van der Waals surface area (Å²) in [5, 5.41) is 5.57. The second kappa shape index (κ2) is 8.65. The molecule has 2 amide bonds. The molecule has 0 aliphatic carbocycles. The van der Waals surface area contributed by atoms with Crippen molar-refractivity contribution < 1.29 is 14.3 Å². The maximum Gasteiger partial charge on any atom is 0.255 e. The topological polar surface area (TPSA) is 80.3 Å². The summed E-state index contributed by atoms with van der Waals surface area (Å²) in [6.45, 7) is 1.14. The minimum Gasteiger partial charge on any atom is -0.385 e. The van der Waals surface area contributed by atoms with E-state index in [0.717, 1.165) is 6.42 Å². The Balaban J connectivity index is 1.96. The Hall–Kier alpha value is -2.73. The molecule has 0 fully saturated rings. The van der Waals surface area contributed by atoms with E-state index in [4.69, 9.17) is 4.74 Å². The second-order valence-corrected chi connectivity index (χ2v) is 4.87. The van der Waals surface area contributed by atoms with Gasteiger partial charge in [-0.2, -0.15) is 0 Å². The fourth-order valence-corrected chi connectivity index (χ4v) is 1.97. The number of ether oxygens (including phenoxy) is 1. The highest BCUT2D eigenvalue weighted by Crippen LogP contribution is 2.12. The van der Waals surface area contributed by atoms with Gasteiger partial charge < -0.3 is 15.4 Å². The fraction of sp³-hybridized carbons (Fsp3) is 0.235. The standard InChI is InChI=1S/C17H19N3O3/c1-23-11-3-8-19-16(21)14-4-2-5-15(12-14)20-17(22)13-6-9-18-10-7-13/h2,4-7,9-10,12H,3,8,11H2,1H3,(H,19,21)(H,20,22). The number of carbonyl (C=O) groups excluding carboxylic acids is 2. The van der Waals surface area contributed by atoms with E-state index in [1.807, 2.05) is 0 Å². The lowest BCUT2D eigenvalue weighted by atomic mass is 10.1. The summed E-state index contributed by atoms with van der Waals surface area (Å²) < 4.78 is 4.93. The van der Waals surface area contributed by atoms with Crippen LogP contribution in [0, 0.1) is 0 Å². The maximum atomic E-state index is 12.1. The zero-order valence-corrected chi connectivity index (χ0v) is 12.9. The monoisotopic (exact) mass is 313 g/mol. The van der Waals surface area contributed by atoms with E-state index in [-0.39, 0.29) is 11.8 Å². The summed E-state index contributed by atoms with van der Waals surface area (Å²) >= 11 is 0. The van der Waals surface area contributed by atoms with Gasteiger partial charge >= 0.3 is 0 Å². The quantitative estimate of drug-likeness (QED) is 0.767. The molecular formula is C17H19N3O3. The number of amides is 2. The van der Waals surface area contributed by atoms with Crippen molar-refractivity contribution >= 4 is 17.5 Å². The molecule has 0 radical (unpaired) electrons. The lowest BCUT2D eigenvalue weighted by molar-refractivity contribution is 0.0947. The summed E-state index contributed by atoms with van der Waals surface area (Å²) in [4.78, 5) is 28.0. The van der Waals surface area contributed by atoms with Crippen molar-refractivity contribution in [1.29, 1.82) is 0 Å². The molecule has 0 aliphatic heterocycles. The minimum absolute atomic E-state index is 0.180. The molecule has 2 N–H and O–H groups in total. The van der Waals surface area contributed by atoms with Crippen molar-refractivity contribution in [2.45, 2.75) is 6.42 Å². The molecule has 2 aromatic rings. The van der Waals surface area contributed by atoms with Gasteiger partial charge in [-0.3, -0.25) is 14.6 Å². The smallest absolute Gasteiger partial charge is 0.255 e. The van der Waals surface area contributed by atoms with Gasteiger partial charge in [-0.1, -0.05) is 6.07 Å². The Bertz CT molecular complexity index is 659. The Labute approximate surface area is 134 Å². The highest BCUT2D eigenvalue weighted by molar-refractivity contribution is 6.05. The molecule has 23 heavy (non-hydrogen) atoms. The van der Waals surface area contributed by atoms with Gasteiger partial charge in [0, 0.05) is 49.5 Å². The second-order valence-electron chi connectivity index (χ2n) is 4.87. The van der Waals surface area contributed by atoms with Crippen molar-refractivity contribution in [3.8, 4) is 0 Å². The molecule has 2 rings (SSSR count). The van der Waals surface area contributed by atoms with Crippen LogP contribution in [0.15, 0.2) is 48.8 Å². The summed E-state index contributed by atoms with van der Waals surface area (Å²) in [6, 6.07) is 10.1. The van der Waals surface area contributed by atoms with Crippen molar-refractivity contribution in [3.63, 3.8) is 0 Å². The summed E-state index contributed by atoms with van der Waals surface area (Å²) in [5.74, 6) is -0.425. The number of carbonyl (C=O) groups is 2. The minimum atomic E-state index is -0.245. The van der Waals surface area contributed by atoms with Gasteiger partial charge in [0.15, 0.2) is 0 Å². The summed E-state index contributed by atoms with van der Waals surface area (Å²) in [7, 11) is 1.62. The lowest BCUT2D eigenvalue weighted by Gasteiger charge is -2.08. The van der Waals surface area contributed by atoms with Crippen LogP contribution >= 0.6 is 0 Å². The zero-order chi connectivity index (χ0) is 16.5. The Kier molecular flexibility index (Phi) is 6.26. The maximum absolute atomic E-state index is 12.1. The molecule has 0 saturated heterocycles. The molecule has 1 aromatic heterocycles. The zero-order valence-electron chi connectivity index (χ0n) is 12.9. The Morgan fingerprint density at radius 3 is 2.61 bits per heavy atom.